The molecule has 7 nitrogen and oxygen atoms in total. The van der Waals surface area contributed by atoms with E-state index in [2.05, 4.69) is 10.6 Å². The molecule has 0 aliphatic carbocycles. The Hall–Kier alpha value is -2.41. The number of hydrogen-bond donors (Lipinski definition) is 3. The van der Waals surface area contributed by atoms with Gasteiger partial charge in [-0.25, -0.2) is 0 Å². The van der Waals surface area contributed by atoms with E-state index in [9.17, 15) is 14.4 Å². The first-order chi connectivity index (χ1) is 11.0. The van der Waals surface area contributed by atoms with E-state index in [1.807, 2.05) is 6.92 Å². The standard InChI is InChI=1S/C16H21N3O4/c1-2-17-15(21)11-5-3-6-12(9-11)18-14(20)10-19-8-4-7-13(19)16(22)23/h3,5-6,9,13H,2,4,7-8,10H2,1H3,(H,17,21)(H,18,20)(H,22,23)/t13-/m0/s1. The molecule has 0 spiro atoms. The van der Waals surface area contributed by atoms with E-state index in [1.165, 1.54) is 0 Å². The second-order valence-electron chi connectivity index (χ2n) is 5.46. The maximum Gasteiger partial charge on any atom is 0.320 e. The van der Waals surface area contributed by atoms with Gasteiger partial charge in [-0.05, 0) is 44.5 Å². The Morgan fingerprint density at radius 3 is 2.83 bits per heavy atom. The fourth-order valence-electron chi connectivity index (χ4n) is 2.68. The van der Waals surface area contributed by atoms with E-state index < -0.39 is 12.0 Å². The third kappa shape index (κ3) is 4.53. The number of carbonyl (C=O) groups is 3. The van der Waals surface area contributed by atoms with E-state index >= 15 is 0 Å². The summed E-state index contributed by atoms with van der Waals surface area (Å²) >= 11 is 0. The van der Waals surface area contributed by atoms with Crippen LogP contribution in [0.25, 0.3) is 0 Å². The number of aliphatic carboxylic acids is 1. The van der Waals surface area contributed by atoms with Gasteiger partial charge in [0.25, 0.3) is 5.91 Å². The highest BCUT2D eigenvalue weighted by atomic mass is 16.4. The summed E-state index contributed by atoms with van der Waals surface area (Å²) in [6, 6.07) is 6.06. The van der Waals surface area contributed by atoms with Gasteiger partial charge < -0.3 is 15.7 Å². The lowest BCUT2D eigenvalue weighted by molar-refractivity contribution is -0.142. The molecule has 1 aromatic carbocycles. The van der Waals surface area contributed by atoms with Crippen molar-refractivity contribution in [2.45, 2.75) is 25.8 Å². The molecule has 1 fully saturated rings. The molecule has 7 heteroatoms. The molecule has 0 aromatic heterocycles. The van der Waals surface area contributed by atoms with Gasteiger partial charge in [-0.3, -0.25) is 19.3 Å². The van der Waals surface area contributed by atoms with Crippen molar-refractivity contribution < 1.29 is 19.5 Å². The highest BCUT2D eigenvalue weighted by molar-refractivity contribution is 5.97. The van der Waals surface area contributed by atoms with Crippen LogP contribution in [0, 0.1) is 0 Å². The Balaban J connectivity index is 1.96. The van der Waals surface area contributed by atoms with Gasteiger partial charge in [-0.15, -0.1) is 0 Å². The van der Waals surface area contributed by atoms with Crippen LogP contribution in [0.1, 0.15) is 30.1 Å². The van der Waals surface area contributed by atoms with Crippen molar-refractivity contribution in [2.75, 3.05) is 25.0 Å². The Bertz CT molecular complexity index is 603. The zero-order valence-electron chi connectivity index (χ0n) is 13.0. The summed E-state index contributed by atoms with van der Waals surface area (Å²) in [5.41, 5.74) is 0.985. The minimum atomic E-state index is -0.895. The van der Waals surface area contributed by atoms with Gasteiger partial charge in [0.1, 0.15) is 6.04 Å². The number of carboxylic acids is 1. The fraction of sp³-hybridized carbons (Fsp3) is 0.438. The number of nitrogens with one attached hydrogen (secondary N) is 2. The summed E-state index contributed by atoms with van der Waals surface area (Å²) in [4.78, 5) is 36.7. The van der Waals surface area contributed by atoms with Crippen LogP contribution in [0.15, 0.2) is 24.3 Å². The quantitative estimate of drug-likeness (QED) is 0.724. The Kier molecular flexibility index (Phi) is 5.70. The molecule has 1 saturated heterocycles. The maximum absolute atomic E-state index is 12.1. The first kappa shape index (κ1) is 17.0. The Morgan fingerprint density at radius 1 is 1.35 bits per heavy atom. The molecule has 124 valence electrons. The highest BCUT2D eigenvalue weighted by Gasteiger charge is 2.31. The number of benzene rings is 1. The maximum atomic E-state index is 12.1. The normalized spacial score (nSPS) is 17.7. The molecule has 0 saturated carbocycles. The number of likely N-dealkylation sites (tertiary alicyclic amines) is 1. The molecule has 23 heavy (non-hydrogen) atoms. The largest absolute Gasteiger partial charge is 0.480 e. The highest BCUT2D eigenvalue weighted by Crippen LogP contribution is 2.17. The Morgan fingerprint density at radius 2 is 2.13 bits per heavy atom. The number of rotatable bonds is 6. The van der Waals surface area contributed by atoms with E-state index in [1.54, 1.807) is 29.2 Å². The molecule has 0 unspecified atom stereocenters. The molecular formula is C16H21N3O4. The molecule has 3 N–H and O–H groups in total. The van der Waals surface area contributed by atoms with Crippen LogP contribution in [0.4, 0.5) is 5.69 Å². The lowest BCUT2D eigenvalue weighted by Crippen LogP contribution is -2.40. The minimum absolute atomic E-state index is 0.0301. The zero-order valence-corrected chi connectivity index (χ0v) is 13.0. The molecule has 1 aliphatic heterocycles. The number of amides is 2. The van der Waals surface area contributed by atoms with Gasteiger partial charge in [0.15, 0.2) is 0 Å². The van der Waals surface area contributed by atoms with E-state index in [0.29, 0.717) is 30.8 Å². The molecule has 1 atom stereocenters. The molecule has 1 aliphatic rings. The van der Waals surface area contributed by atoms with Crippen molar-refractivity contribution in [3.8, 4) is 0 Å². The summed E-state index contributed by atoms with van der Waals surface area (Å²) in [5.74, 6) is -1.38. The summed E-state index contributed by atoms with van der Waals surface area (Å²) < 4.78 is 0. The van der Waals surface area contributed by atoms with Gasteiger partial charge >= 0.3 is 5.97 Å². The summed E-state index contributed by atoms with van der Waals surface area (Å²) in [7, 11) is 0. The van der Waals surface area contributed by atoms with Crippen molar-refractivity contribution in [3.63, 3.8) is 0 Å². The van der Waals surface area contributed by atoms with Gasteiger partial charge in [0.2, 0.25) is 5.91 Å². The molecule has 1 heterocycles. The van der Waals surface area contributed by atoms with Gasteiger partial charge in [-0.2, -0.15) is 0 Å². The molecular weight excluding hydrogens is 298 g/mol. The van der Waals surface area contributed by atoms with E-state index in [4.69, 9.17) is 5.11 Å². The van der Waals surface area contributed by atoms with Gasteiger partial charge in [0.05, 0.1) is 6.54 Å². The zero-order chi connectivity index (χ0) is 16.8. The predicted molar refractivity (Wildman–Crippen MR) is 85.3 cm³/mol. The van der Waals surface area contributed by atoms with Crippen LogP contribution < -0.4 is 10.6 Å². The van der Waals surface area contributed by atoms with E-state index in [-0.39, 0.29) is 18.4 Å². The van der Waals surface area contributed by atoms with Crippen molar-refractivity contribution in [1.82, 2.24) is 10.2 Å². The van der Waals surface area contributed by atoms with Crippen LogP contribution in [0.3, 0.4) is 0 Å². The first-order valence-electron chi connectivity index (χ1n) is 7.66. The third-order valence-corrected chi connectivity index (χ3v) is 3.74. The van der Waals surface area contributed by atoms with Crippen LogP contribution in [-0.2, 0) is 9.59 Å². The number of carbonyl (C=O) groups excluding carboxylic acids is 2. The van der Waals surface area contributed by atoms with Crippen molar-refractivity contribution in [3.05, 3.63) is 29.8 Å². The fourth-order valence-corrected chi connectivity index (χ4v) is 2.68. The monoisotopic (exact) mass is 319 g/mol. The first-order valence-corrected chi connectivity index (χ1v) is 7.66. The lowest BCUT2D eigenvalue weighted by Gasteiger charge is -2.20. The number of anilines is 1. The lowest BCUT2D eigenvalue weighted by atomic mass is 10.2. The molecule has 0 bridgehead atoms. The Labute approximate surface area is 134 Å². The van der Waals surface area contributed by atoms with Crippen molar-refractivity contribution in [2.24, 2.45) is 0 Å². The van der Waals surface area contributed by atoms with Crippen molar-refractivity contribution >= 4 is 23.5 Å². The minimum Gasteiger partial charge on any atom is -0.480 e. The van der Waals surface area contributed by atoms with E-state index in [0.717, 1.165) is 6.42 Å². The molecule has 0 radical (unpaired) electrons. The van der Waals surface area contributed by atoms with Crippen LogP contribution in [0.2, 0.25) is 0 Å². The summed E-state index contributed by atoms with van der Waals surface area (Å²) in [6.45, 7) is 2.99. The van der Waals surface area contributed by atoms with Crippen molar-refractivity contribution in [1.29, 1.82) is 0 Å². The topological polar surface area (TPSA) is 98.7 Å². The second kappa shape index (κ2) is 7.73. The van der Waals surface area contributed by atoms with Crippen LogP contribution in [0.5, 0.6) is 0 Å². The smallest absolute Gasteiger partial charge is 0.320 e. The molecule has 1 aromatic rings. The van der Waals surface area contributed by atoms with Gasteiger partial charge in [-0.1, -0.05) is 6.07 Å². The predicted octanol–water partition coefficient (Wildman–Crippen LogP) is 0.924. The SMILES string of the molecule is CCNC(=O)c1cccc(NC(=O)CN2CCC[C@H]2C(=O)O)c1. The molecule has 2 rings (SSSR count). The number of carboxylic acid groups (broad SMARTS) is 1. The van der Waals surface area contributed by atoms with Crippen LogP contribution >= 0.6 is 0 Å². The second-order valence-corrected chi connectivity index (χ2v) is 5.46. The number of nitrogens with zero attached hydrogens (tertiary/aromatic N) is 1. The average molecular weight is 319 g/mol. The number of hydrogen-bond acceptors (Lipinski definition) is 4. The summed E-state index contributed by atoms with van der Waals surface area (Å²) in [5, 5.41) is 14.5. The average Bonchev–Trinajstić information content (AvgIpc) is 2.96. The molecule has 2 amide bonds. The third-order valence-electron chi connectivity index (χ3n) is 3.74. The summed E-state index contributed by atoms with van der Waals surface area (Å²) in [6.07, 6.45) is 1.34. The van der Waals surface area contributed by atoms with Crippen LogP contribution in [-0.4, -0.2) is 53.5 Å². The van der Waals surface area contributed by atoms with Gasteiger partial charge in [0, 0.05) is 17.8 Å².